The first-order valence-corrected chi connectivity index (χ1v) is 6.20. The van der Waals surface area contributed by atoms with Gasteiger partial charge < -0.3 is 16.2 Å². The second-order valence-electron chi connectivity index (χ2n) is 4.37. The number of benzene rings is 2. The molecule has 0 unspecified atom stereocenters. The Morgan fingerprint density at radius 2 is 2.10 bits per heavy atom. The van der Waals surface area contributed by atoms with Crippen LogP contribution in [0.1, 0.15) is 22.8 Å². The van der Waals surface area contributed by atoms with Crippen molar-refractivity contribution in [2.75, 3.05) is 11.1 Å². The largest absolute Gasteiger partial charge is 0.478 e. The summed E-state index contributed by atoms with van der Waals surface area (Å²) >= 11 is 0. The molecule has 0 aromatic heterocycles. The highest BCUT2D eigenvalue weighted by Crippen LogP contribution is 2.28. The number of rotatable bonds is 4. The standard InChI is InChI=1S/C15H15FN2O2/c1-2-9-4-3-5-10(8-9)18-12-7-6-11(16)14(17)13(12)15(19)20/h3-8,18H,2,17H2,1H3,(H,19,20). The summed E-state index contributed by atoms with van der Waals surface area (Å²) in [4.78, 5) is 11.2. The van der Waals surface area contributed by atoms with Gasteiger partial charge in [-0.15, -0.1) is 0 Å². The van der Waals surface area contributed by atoms with Crippen LogP contribution < -0.4 is 11.1 Å². The number of carbonyl (C=O) groups is 1. The molecular formula is C15H15FN2O2. The highest BCUT2D eigenvalue weighted by atomic mass is 19.1. The van der Waals surface area contributed by atoms with Crippen LogP contribution in [0.2, 0.25) is 0 Å². The summed E-state index contributed by atoms with van der Waals surface area (Å²) in [7, 11) is 0. The van der Waals surface area contributed by atoms with E-state index < -0.39 is 11.8 Å². The van der Waals surface area contributed by atoms with E-state index >= 15 is 0 Å². The van der Waals surface area contributed by atoms with Gasteiger partial charge >= 0.3 is 5.97 Å². The molecule has 4 N–H and O–H groups in total. The Bertz CT molecular complexity index is 656. The molecule has 4 nitrogen and oxygen atoms in total. The molecule has 2 aromatic rings. The summed E-state index contributed by atoms with van der Waals surface area (Å²) in [5.74, 6) is -2.01. The van der Waals surface area contributed by atoms with Gasteiger partial charge in [0.05, 0.1) is 11.4 Å². The molecule has 0 bridgehead atoms. The minimum absolute atomic E-state index is 0.257. The SMILES string of the molecule is CCc1cccc(Nc2ccc(F)c(N)c2C(=O)O)c1. The Hall–Kier alpha value is -2.56. The number of nitrogens with one attached hydrogen (secondary N) is 1. The van der Waals surface area contributed by atoms with Crippen molar-refractivity contribution in [1.29, 1.82) is 0 Å². The highest BCUT2D eigenvalue weighted by Gasteiger charge is 2.17. The van der Waals surface area contributed by atoms with Crippen LogP contribution >= 0.6 is 0 Å². The zero-order chi connectivity index (χ0) is 14.7. The van der Waals surface area contributed by atoms with Gasteiger partial charge in [-0.3, -0.25) is 0 Å². The monoisotopic (exact) mass is 274 g/mol. The zero-order valence-corrected chi connectivity index (χ0v) is 11.0. The lowest BCUT2D eigenvalue weighted by atomic mass is 10.1. The van der Waals surface area contributed by atoms with E-state index in [1.807, 2.05) is 31.2 Å². The molecule has 0 radical (unpaired) electrons. The van der Waals surface area contributed by atoms with Gasteiger partial charge in [-0.1, -0.05) is 19.1 Å². The predicted octanol–water partition coefficient (Wildman–Crippen LogP) is 3.41. The molecule has 2 aromatic carbocycles. The average Bonchev–Trinajstić information content (AvgIpc) is 2.43. The summed E-state index contributed by atoms with van der Waals surface area (Å²) in [6.07, 6.45) is 0.868. The van der Waals surface area contributed by atoms with Crippen LogP contribution in [0.4, 0.5) is 21.5 Å². The average molecular weight is 274 g/mol. The topological polar surface area (TPSA) is 75.3 Å². The molecule has 2 rings (SSSR count). The maximum atomic E-state index is 13.4. The summed E-state index contributed by atoms with van der Waals surface area (Å²) < 4.78 is 13.4. The van der Waals surface area contributed by atoms with Gasteiger partial charge in [0.15, 0.2) is 0 Å². The van der Waals surface area contributed by atoms with Crippen molar-refractivity contribution in [3.8, 4) is 0 Å². The van der Waals surface area contributed by atoms with Crippen LogP contribution in [-0.4, -0.2) is 11.1 Å². The normalized spacial score (nSPS) is 10.3. The number of hydrogen-bond donors (Lipinski definition) is 3. The third-order valence-corrected chi connectivity index (χ3v) is 3.02. The Morgan fingerprint density at radius 1 is 1.35 bits per heavy atom. The van der Waals surface area contributed by atoms with Crippen molar-refractivity contribution >= 4 is 23.0 Å². The number of halogens is 1. The van der Waals surface area contributed by atoms with Gasteiger partial charge in [0.1, 0.15) is 11.4 Å². The number of hydrogen-bond acceptors (Lipinski definition) is 3. The third-order valence-electron chi connectivity index (χ3n) is 3.02. The number of carboxylic acid groups (broad SMARTS) is 1. The number of carboxylic acids is 1. The molecule has 0 saturated heterocycles. The first-order valence-electron chi connectivity index (χ1n) is 6.20. The first kappa shape index (κ1) is 13.9. The van der Waals surface area contributed by atoms with Crippen LogP contribution in [0.5, 0.6) is 0 Å². The van der Waals surface area contributed by atoms with Gasteiger partial charge in [-0.25, -0.2) is 9.18 Å². The predicted molar refractivity (Wildman–Crippen MR) is 76.9 cm³/mol. The summed E-state index contributed by atoms with van der Waals surface area (Å²) in [5.41, 5.74) is 6.99. The van der Waals surface area contributed by atoms with Crippen molar-refractivity contribution in [2.24, 2.45) is 0 Å². The van der Waals surface area contributed by atoms with E-state index in [0.29, 0.717) is 0 Å². The van der Waals surface area contributed by atoms with E-state index in [2.05, 4.69) is 5.32 Å². The lowest BCUT2D eigenvalue weighted by Crippen LogP contribution is -2.08. The van der Waals surface area contributed by atoms with Crippen molar-refractivity contribution in [1.82, 2.24) is 0 Å². The number of nitrogen functional groups attached to an aromatic ring is 1. The van der Waals surface area contributed by atoms with Gasteiger partial charge in [0.2, 0.25) is 0 Å². The molecule has 0 aliphatic rings. The summed E-state index contributed by atoms with van der Waals surface area (Å²) in [5, 5.41) is 12.1. The fourth-order valence-corrected chi connectivity index (χ4v) is 1.95. The van der Waals surface area contributed by atoms with Gasteiger partial charge in [0.25, 0.3) is 0 Å². The lowest BCUT2D eigenvalue weighted by Gasteiger charge is -2.12. The van der Waals surface area contributed by atoms with E-state index in [0.717, 1.165) is 23.7 Å². The van der Waals surface area contributed by atoms with Crippen LogP contribution in [0, 0.1) is 5.82 Å². The number of aromatic carboxylic acids is 1. The van der Waals surface area contributed by atoms with Crippen molar-refractivity contribution in [3.63, 3.8) is 0 Å². The van der Waals surface area contributed by atoms with E-state index in [1.165, 1.54) is 6.07 Å². The van der Waals surface area contributed by atoms with E-state index in [9.17, 15) is 9.18 Å². The van der Waals surface area contributed by atoms with Crippen LogP contribution in [0.15, 0.2) is 36.4 Å². The molecule has 0 atom stereocenters. The molecule has 5 heteroatoms. The van der Waals surface area contributed by atoms with Gasteiger partial charge in [-0.05, 0) is 36.2 Å². The third kappa shape index (κ3) is 2.71. The Morgan fingerprint density at radius 3 is 2.75 bits per heavy atom. The van der Waals surface area contributed by atoms with Crippen LogP contribution in [-0.2, 0) is 6.42 Å². The molecule has 0 aliphatic heterocycles. The molecule has 0 amide bonds. The Kier molecular flexibility index (Phi) is 3.89. The van der Waals surface area contributed by atoms with E-state index in [4.69, 9.17) is 10.8 Å². The van der Waals surface area contributed by atoms with Crippen molar-refractivity contribution < 1.29 is 14.3 Å². The lowest BCUT2D eigenvalue weighted by molar-refractivity contribution is 0.0698. The van der Waals surface area contributed by atoms with E-state index in [-0.39, 0.29) is 16.9 Å². The smallest absolute Gasteiger partial charge is 0.340 e. The van der Waals surface area contributed by atoms with Crippen molar-refractivity contribution in [2.45, 2.75) is 13.3 Å². The second kappa shape index (κ2) is 5.61. The Balaban J connectivity index is 2.43. The molecule has 104 valence electrons. The fraction of sp³-hybridized carbons (Fsp3) is 0.133. The second-order valence-corrected chi connectivity index (χ2v) is 4.37. The molecule has 0 spiro atoms. The quantitative estimate of drug-likeness (QED) is 0.747. The van der Waals surface area contributed by atoms with E-state index in [1.54, 1.807) is 0 Å². The van der Waals surface area contributed by atoms with Crippen LogP contribution in [0.25, 0.3) is 0 Å². The van der Waals surface area contributed by atoms with Crippen LogP contribution in [0.3, 0.4) is 0 Å². The maximum absolute atomic E-state index is 13.4. The number of nitrogens with two attached hydrogens (primary N) is 1. The summed E-state index contributed by atoms with van der Waals surface area (Å²) in [6.45, 7) is 2.03. The Labute approximate surface area is 116 Å². The molecule has 0 fully saturated rings. The molecule has 0 aliphatic carbocycles. The molecule has 20 heavy (non-hydrogen) atoms. The fourth-order valence-electron chi connectivity index (χ4n) is 1.95. The maximum Gasteiger partial charge on any atom is 0.340 e. The summed E-state index contributed by atoms with van der Waals surface area (Å²) in [6, 6.07) is 10.1. The molecular weight excluding hydrogens is 259 g/mol. The molecule has 0 heterocycles. The van der Waals surface area contributed by atoms with Crippen molar-refractivity contribution in [3.05, 3.63) is 53.3 Å². The van der Waals surface area contributed by atoms with Gasteiger partial charge in [0, 0.05) is 5.69 Å². The minimum Gasteiger partial charge on any atom is -0.478 e. The number of aryl methyl sites for hydroxylation is 1. The minimum atomic E-state index is -1.27. The molecule has 0 saturated carbocycles. The number of anilines is 3. The first-order chi connectivity index (χ1) is 9.52. The zero-order valence-electron chi connectivity index (χ0n) is 11.0. The highest BCUT2D eigenvalue weighted by molar-refractivity contribution is 6.00. The van der Waals surface area contributed by atoms with Gasteiger partial charge in [-0.2, -0.15) is 0 Å².